The van der Waals surface area contributed by atoms with Crippen LogP contribution in [-0.4, -0.2) is 72.1 Å². The maximum atomic E-state index is 11.3. The van der Waals surface area contributed by atoms with E-state index in [1.54, 1.807) is 14.0 Å². The molecular weight excluding hydrogens is 398 g/mol. The van der Waals surface area contributed by atoms with Crippen molar-refractivity contribution in [1.29, 1.82) is 0 Å². The van der Waals surface area contributed by atoms with Crippen molar-refractivity contribution in [1.82, 2.24) is 4.90 Å². The molecule has 0 aromatic carbocycles. The maximum absolute atomic E-state index is 11.3. The molecule has 184 valence electrons. The predicted octanol–water partition coefficient (Wildman–Crippen LogP) is 4.46. The van der Waals surface area contributed by atoms with E-state index in [9.17, 15) is 19.8 Å². The zero-order valence-corrected chi connectivity index (χ0v) is 21.1. The van der Waals surface area contributed by atoms with Crippen LogP contribution in [0.5, 0.6) is 0 Å². The van der Waals surface area contributed by atoms with E-state index in [1.807, 2.05) is 20.8 Å². The first-order valence-corrected chi connectivity index (χ1v) is 11.6. The van der Waals surface area contributed by atoms with E-state index in [2.05, 4.69) is 32.7 Å². The highest BCUT2D eigenvalue weighted by Gasteiger charge is 2.39. The first kappa shape index (κ1) is 29.8. The average Bonchev–Trinajstić information content (AvgIpc) is 2.66. The van der Waals surface area contributed by atoms with Crippen molar-refractivity contribution in [2.45, 2.75) is 98.0 Å². The first-order valence-electron chi connectivity index (χ1n) is 11.6. The number of carbonyl (C=O) groups excluding carboxylic acids is 1. The van der Waals surface area contributed by atoms with Crippen LogP contribution in [0.3, 0.4) is 0 Å². The van der Waals surface area contributed by atoms with Crippen LogP contribution in [0.2, 0.25) is 0 Å². The minimum atomic E-state index is -1.28. The summed E-state index contributed by atoms with van der Waals surface area (Å²) in [5, 5.41) is 19.5. The van der Waals surface area contributed by atoms with E-state index in [4.69, 9.17) is 9.47 Å². The van der Waals surface area contributed by atoms with Crippen molar-refractivity contribution in [2.75, 3.05) is 20.7 Å². The maximum Gasteiger partial charge on any atom is 0.506 e. The van der Waals surface area contributed by atoms with Gasteiger partial charge in [0, 0.05) is 32.0 Å². The van der Waals surface area contributed by atoms with E-state index in [0.717, 1.165) is 25.7 Å². The molecule has 0 amide bonds. The molecule has 8 atom stereocenters. The highest BCUT2D eigenvalue weighted by molar-refractivity contribution is 5.57. The topological polar surface area (TPSA) is 96.3 Å². The lowest BCUT2D eigenvalue weighted by atomic mass is 9.84. The highest BCUT2D eigenvalue weighted by atomic mass is 16.7. The Labute approximate surface area is 189 Å². The Morgan fingerprint density at radius 2 is 1.71 bits per heavy atom. The number of aldehydes is 1. The fraction of sp³-hybridized carbons (Fsp3) is 0.917. The highest BCUT2D eigenvalue weighted by Crippen LogP contribution is 2.29. The number of carboxylic acid groups (broad SMARTS) is 1. The first-order chi connectivity index (χ1) is 14.3. The minimum Gasteiger partial charge on any atom is -0.450 e. The number of hydrogen-bond acceptors (Lipinski definition) is 6. The zero-order chi connectivity index (χ0) is 24.4. The molecule has 0 aromatic heterocycles. The molecule has 0 saturated carbocycles. The summed E-state index contributed by atoms with van der Waals surface area (Å²) in [4.78, 5) is 24.4. The number of methoxy groups -OCH3 is 1. The second kappa shape index (κ2) is 14.1. The summed E-state index contributed by atoms with van der Waals surface area (Å²) in [6.45, 7) is 14.9. The van der Waals surface area contributed by atoms with Crippen molar-refractivity contribution in [3.63, 3.8) is 0 Å². The molecule has 7 nitrogen and oxygen atoms in total. The number of aliphatic hydroxyl groups excluding tert-OH is 1. The minimum absolute atomic E-state index is 0.0768. The lowest BCUT2D eigenvalue weighted by Crippen LogP contribution is -2.49. The van der Waals surface area contributed by atoms with E-state index in [-0.39, 0.29) is 24.0 Å². The zero-order valence-electron chi connectivity index (χ0n) is 21.1. The average molecular weight is 446 g/mol. The van der Waals surface area contributed by atoms with Crippen molar-refractivity contribution < 1.29 is 29.3 Å². The van der Waals surface area contributed by atoms with Gasteiger partial charge in [-0.05, 0) is 57.9 Å². The molecule has 31 heavy (non-hydrogen) atoms. The summed E-state index contributed by atoms with van der Waals surface area (Å²) in [5.41, 5.74) is -0.916. The lowest BCUT2D eigenvalue weighted by Gasteiger charge is -2.39. The van der Waals surface area contributed by atoms with Gasteiger partial charge in [-0.15, -0.1) is 0 Å². The van der Waals surface area contributed by atoms with Gasteiger partial charge < -0.3 is 29.4 Å². The summed E-state index contributed by atoms with van der Waals surface area (Å²) in [5.74, 6) is 0.605. The van der Waals surface area contributed by atoms with Gasteiger partial charge in [-0.2, -0.15) is 0 Å². The summed E-state index contributed by atoms with van der Waals surface area (Å²) in [7, 11) is 3.64. The number of aliphatic hydroxyl groups is 1. The molecule has 0 aliphatic carbocycles. The van der Waals surface area contributed by atoms with E-state index in [0.29, 0.717) is 24.7 Å². The molecule has 0 bridgehead atoms. The lowest BCUT2D eigenvalue weighted by molar-refractivity contribution is -0.114. The fourth-order valence-corrected chi connectivity index (χ4v) is 4.93. The van der Waals surface area contributed by atoms with Gasteiger partial charge in [0.25, 0.3) is 0 Å². The van der Waals surface area contributed by atoms with E-state index in [1.165, 1.54) is 0 Å². The van der Waals surface area contributed by atoms with Gasteiger partial charge in [-0.25, -0.2) is 4.79 Å². The van der Waals surface area contributed by atoms with E-state index >= 15 is 0 Å². The molecule has 0 radical (unpaired) electrons. The molecule has 2 N–H and O–H groups in total. The normalized spacial score (nSPS) is 20.7. The quantitative estimate of drug-likeness (QED) is 0.267. The Bertz CT molecular complexity index is 526. The molecule has 0 saturated heterocycles. The third kappa shape index (κ3) is 10.3. The summed E-state index contributed by atoms with van der Waals surface area (Å²) < 4.78 is 10.8. The van der Waals surface area contributed by atoms with Crippen LogP contribution in [0.25, 0.3) is 0 Å². The number of nitrogens with zero attached hydrogens (tertiary/aromatic N) is 1. The fourth-order valence-electron chi connectivity index (χ4n) is 4.93. The van der Waals surface area contributed by atoms with Gasteiger partial charge in [-0.3, -0.25) is 0 Å². The monoisotopic (exact) mass is 445 g/mol. The van der Waals surface area contributed by atoms with Gasteiger partial charge in [0.1, 0.15) is 11.9 Å². The number of ether oxygens (including phenoxy) is 2. The Hall–Kier alpha value is -1.18. The summed E-state index contributed by atoms with van der Waals surface area (Å²) in [6, 6.07) is 0.112. The Morgan fingerprint density at radius 3 is 2.16 bits per heavy atom. The van der Waals surface area contributed by atoms with Crippen LogP contribution in [0, 0.1) is 23.7 Å². The third-order valence-electron chi connectivity index (χ3n) is 6.62. The molecule has 0 fully saturated rings. The Balaban J connectivity index is 4.83. The largest absolute Gasteiger partial charge is 0.506 e. The SMILES string of the molecule is CCC(OC)[C@](C)(C[C@@H](C)N(C)C[C@H](C)CC(C)CC(C)C(O)C(C)C=O)OC(=O)O. The van der Waals surface area contributed by atoms with Crippen molar-refractivity contribution in [2.24, 2.45) is 23.7 Å². The van der Waals surface area contributed by atoms with Crippen molar-refractivity contribution in [3.05, 3.63) is 0 Å². The number of rotatable bonds is 16. The number of hydrogen-bond donors (Lipinski definition) is 2. The van der Waals surface area contributed by atoms with Crippen LogP contribution >= 0.6 is 0 Å². The molecule has 0 spiro atoms. The van der Waals surface area contributed by atoms with Crippen LogP contribution in [0.1, 0.15) is 74.1 Å². The molecule has 0 rings (SSSR count). The van der Waals surface area contributed by atoms with Gasteiger partial charge in [0.2, 0.25) is 0 Å². The smallest absolute Gasteiger partial charge is 0.450 e. The standard InChI is InChI=1S/C24H47NO6/c1-10-21(30-9)24(7,31-23(28)29)13-20(6)25(8)14-17(3)11-16(2)12-18(4)22(27)19(5)15-26/h15-22,27H,10-14H2,1-9H3,(H,28,29)/t16?,17-,18?,19?,20-,21?,22?,24+/m1/s1. The van der Waals surface area contributed by atoms with Crippen LogP contribution in [0.15, 0.2) is 0 Å². The second-order valence-corrected chi connectivity index (χ2v) is 9.95. The molecule has 0 heterocycles. The Morgan fingerprint density at radius 1 is 1.13 bits per heavy atom. The van der Waals surface area contributed by atoms with Crippen LogP contribution < -0.4 is 0 Å². The van der Waals surface area contributed by atoms with E-state index < -0.39 is 17.9 Å². The van der Waals surface area contributed by atoms with Gasteiger partial charge in [0.15, 0.2) is 0 Å². The molecule has 7 heteroatoms. The van der Waals surface area contributed by atoms with Gasteiger partial charge >= 0.3 is 6.16 Å². The van der Waals surface area contributed by atoms with Crippen LogP contribution in [-0.2, 0) is 14.3 Å². The summed E-state index contributed by atoms with van der Waals surface area (Å²) in [6.07, 6.45) is 1.72. The molecular formula is C24H47NO6. The third-order valence-corrected chi connectivity index (χ3v) is 6.62. The van der Waals surface area contributed by atoms with Crippen molar-refractivity contribution in [3.8, 4) is 0 Å². The van der Waals surface area contributed by atoms with Crippen LogP contribution in [0.4, 0.5) is 4.79 Å². The molecule has 0 aromatic rings. The number of carbonyl (C=O) groups is 2. The summed E-state index contributed by atoms with van der Waals surface area (Å²) >= 11 is 0. The Kier molecular flexibility index (Phi) is 13.5. The second-order valence-electron chi connectivity index (χ2n) is 9.95. The molecule has 5 unspecified atom stereocenters. The molecule has 0 aliphatic rings. The molecule has 0 aliphatic heterocycles. The predicted molar refractivity (Wildman–Crippen MR) is 123 cm³/mol. The van der Waals surface area contributed by atoms with Gasteiger partial charge in [0.05, 0.1) is 12.2 Å². The van der Waals surface area contributed by atoms with Crippen molar-refractivity contribution >= 4 is 12.4 Å². The van der Waals surface area contributed by atoms with Gasteiger partial charge in [-0.1, -0.05) is 34.6 Å².